The van der Waals surface area contributed by atoms with Crippen molar-refractivity contribution in [3.63, 3.8) is 0 Å². The van der Waals surface area contributed by atoms with Crippen molar-refractivity contribution in [1.82, 2.24) is 19.5 Å². The van der Waals surface area contributed by atoms with E-state index in [2.05, 4.69) is 20.3 Å². The van der Waals surface area contributed by atoms with E-state index in [-0.39, 0.29) is 11.6 Å². The standard InChI is InChI=1S/C25H28N6O5/c1-5-35-19-12-15-18(31(4)21(28-15)6-8-25(2,3)24(33)34)11-16(19)29-22(32)17-13-36-23(30-17)14-7-9-27-20(26)10-14/h7,9-13H,5-6,8H2,1-4H3,(H2,26,27)(H,29,32)(H,33,34). The first-order valence-corrected chi connectivity index (χ1v) is 11.4. The van der Waals surface area contributed by atoms with E-state index in [1.54, 1.807) is 38.1 Å². The fourth-order valence-electron chi connectivity index (χ4n) is 3.67. The Balaban J connectivity index is 1.61. The fraction of sp³-hybridized carbons (Fsp3) is 0.320. The van der Waals surface area contributed by atoms with Crippen LogP contribution in [0.4, 0.5) is 11.5 Å². The number of anilines is 2. The van der Waals surface area contributed by atoms with Crippen LogP contribution >= 0.6 is 0 Å². The number of aliphatic carboxylic acids is 1. The maximum atomic E-state index is 13.0. The minimum absolute atomic E-state index is 0.0875. The lowest BCUT2D eigenvalue weighted by Crippen LogP contribution is -2.24. The molecular formula is C25H28N6O5. The van der Waals surface area contributed by atoms with E-state index in [9.17, 15) is 14.7 Å². The number of nitrogens with zero attached hydrogens (tertiary/aromatic N) is 4. The van der Waals surface area contributed by atoms with Crippen molar-refractivity contribution in [3.05, 3.63) is 48.2 Å². The van der Waals surface area contributed by atoms with Crippen LogP contribution in [0.5, 0.6) is 5.75 Å². The van der Waals surface area contributed by atoms with Gasteiger partial charge >= 0.3 is 5.97 Å². The van der Waals surface area contributed by atoms with Crippen LogP contribution < -0.4 is 15.8 Å². The molecule has 36 heavy (non-hydrogen) atoms. The smallest absolute Gasteiger partial charge is 0.309 e. The predicted molar refractivity (Wildman–Crippen MR) is 134 cm³/mol. The van der Waals surface area contributed by atoms with Crippen LogP contribution in [0, 0.1) is 5.41 Å². The Bertz CT molecular complexity index is 1440. The van der Waals surface area contributed by atoms with Crippen LogP contribution in [0.2, 0.25) is 0 Å². The van der Waals surface area contributed by atoms with Crippen LogP contribution in [-0.4, -0.2) is 43.1 Å². The number of oxazole rings is 1. The highest BCUT2D eigenvalue weighted by molar-refractivity contribution is 6.05. The van der Waals surface area contributed by atoms with E-state index in [1.165, 1.54) is 12.5 Å². The van der Waals surface area contributed by atoms with Gasteiger partial charge in [-0.05, 0) is 45.4 Å². The summed E-state index contributed by atoms with van der Waals surface area (Å²) in [7, 11) is 1.86. The highest BCUT2D eigenvalue weighted by Crippen LogP contribution is 2.32. The molecule has 0 atom stereocenters. The lowest BCUT2D eigenvalue weighted by atomic mass is 9.88. The molecule has 0 bridgehead atoms. The average Bonchev–Trinajstić information content (AvgIpc) is 3.44. The van der Waals surface area contributed by atoms with Crippen molar-refractivity contribution in [3.8, 4) is 17.2 Å². The molecule has 11 heteroatoms. The maximum Gasteiger partial charge on any atom is 0.309 e. The molecule has 0 aliphatic rings. The summed E-state index contributed by atoms with van der Waals surface area (Å²) in [5, 5.41) is 12.3. The summed E-state index contributed by atoms with van der Waals surface area (Å²) in [6.45, 7) is 5.62. The van der Waals surface area contributed by atoms with Crippen LogP contribution in [0.1, 0.15) is 43.5 Å². The van der Waals surface area contributed by atoms with Crippen LogP contribution in [0.15, 0.2) is 41.1 Å². The van der Waals surface area contributed by atoms with Gasteiger partial charge in [0.2, 0.25) is 5.89 Å². The number of carbonyl (C=O) groups is 2. The second kappa shape index (κ2) is 9.68. The Morgan fingerprint density at radius 3 is 2.72 bits per heavy atom. The molecule has 0 aliphatic heterocycles. The van der Waals surface area contributed by atoms with Gasteiger partial charge in [0, 0.05) is 31.3 Å². The lowest BCUT2D eigenvalue weighted by Gasteiger charge is -2.18. The zero-order valence-corrected chi connectivity index (χ0v) is 20.5. The number of nitrogens with two attached hydrogens (primary N) is 1. The van der Waals surface area contributed by atoms with Crippen molar-refractivity contribution in [2.24, 2.45) is 12.5 Å². The number of nitrogen functional groups attached to an aromatic ring is 1. The number of carboxylic acid groups (broad SMARTS) is 1. The van der Waals surface area contributed by atoms with E-state index in [1.807, 2.05) is 18.5 Å². The number of imidazole rings is 1. The summed E-state index contributed by atoms with van der Waals surface area (Å²) in [4.78, 5) is 37.3. The van der Waals surface area contributed by atoms with Crippen molar-refractivity contribution < 1.29 is 23.8 Å². The van der Waals surface area contributed by atoms with Gasteiger partial charge < -0.3 is 29.9 Å². The van der Waals surface area contributed by atoms with Crippen molar-refractivity contribution in [2.75, 3.05) is 17.7 Å². The molecule has 0 saturated heterocycles. The topological polar surface area (TPSA) is 158 Å². The quantitative estimate of drug-likeness (QED) is 0.315. The second-order valence-electron chi connectivity index (χ2n) is 9.01. The Labute approximate surface area is 207 Å². The summed E-state index contributed by atoms with van der Waals surface area (Å²) >= 11 is 0. The number of aromatic nitrogens is 4. The summed E-state index contributed by atoms with van der Waals surface area (Å²) in [6.07, 6.45) is 3.71. The van der Waals surface area contributed by atoms with Gasteiger partial charge in [-0.25, -0.2) is 15.0 Å². The molecule has 0 saturated carbocycles. The summed E-state index contributed by atoms with van der Waals surface area (Å²) < 4.78 is 13.1. The van der Waals surface area contributed by atoms with E-state index < -0.39 is 17.3 Å². The number of aryl methyl sites for hydroxylation is 2. The molecule has 0 radical (unpaired) electrons. The van der Waals surface area contributed by atoms with Gasteiger partial charge in [0.1, 0.15) is 23.7 Å². The molecular weight excluding hydrogens is 464 g/mol. The normalized spacial score (nSPS) is 11.6. The number of pyridine rings is 1. The Morgan fingerprint density at radius 1 is 1.25 bits per heavy atom. The van der Waals surface area contributed by atoms with E-state index in [0.717, 1.165) is 11.3 Å². The lowest BCUT2D eigenvalue weighted by molar-refractivity contribution is -0.147. The molecule has 0 unspecified atom stereocenters. The number of hydrogen-bond donors (Lipinski definition) is 3. The van der Waals surface area contributed by atoms with Crippen LogP contribution in [-0.2, 0) is 18.3 Å². The largest absolute Gasteiger partial charge is 0.492 e. The van der Waals surface area contributed by atoms with Crippen molar-refractivity contribution in [2.45, 2.75) is 33.6 Å². The van der Waals surface area contributed by atoms with Crippen LogP contribution in [0.3, 0.4) is 0 Å². The molecule has 3 heterocycles. The molecule has 4 rings (SSSR count). The first kappa shape index (κ1) is 24.7. The number of carbonyl (C=O) groups excluding carboxylic acids is 1. The fourth-order valence-corrected chi connectivity index (χ4v) is 3.67. The van der Waals surface area contributed by atoms with E-state index in [0.29, 0.717) is 47.8 Å². The number of fused-ring (bicyclic) bond motifs is 1. The third kappa shape index (κ3) is 4.99. The number of carboxylic acids is 1. The highest BCUT2D eigenvalue weighted by atomic mass is 16.5. The van der Waals surface area contributed by atoms with Gasteiger partial charge in [-0.15, -0.1) is 0 Å². The van der Waals surface area contributed by atoms with Crippen LogP contribution in [0.25, 0.3) is 22.5 Å². The Morgan fingerprint density at radius 2 is 2.03 bits per heavy atom. The second-order valence-corrected chi connectivity index (χ2v) is 9.01. The van der Waals surface area contributed by atoms with Gasteiger partial charge in [-0.3, -0.25) is 9.59 Å². The highest BCUT2D eigenvalue weighted by Gasteiger charge is 2.27. The molecule has 3 aromatic heterocycles. The zero-order chi connectivity index (χ0) is 26.0. The van der Waals surface area contributed by atoms with Gasteiger partial charge in [-0.1, -0.05) is 0 Å². The number of benzene rings is 1. The van der Waals surface area contributed by atoms with E-state index in [4.69, 9.17) is 14.9 Å². The summed E-state index contributed by atoms with van der Waals surface area (Å²) in [5.41, 5.74) is 7.44. The minimum Gasteiger partial charge on any atom is -0.492 e. The number of hydrogen-bond acceptors (Lipinski definition) is 8. The Hall–Kier alpha value is -4.41. The number of amides is 1. The SMILES string of the molecule is CCOc1cc2nc(CCC(C)(C)C(=O)O)n(C)c2cc1NC(=O)c1coc(-c2ccnc(N)c2)n1. The summed E-state index contributed by atoms with van der Waals surface area (Å²) in [6, 6.07) is 6.82. The molecule has 4 N–H and O–H groups in total. The number of rotatable bonds is 9. The van der Waals surface area contributed by atoms with Gasteiger partial charge in [0.25, 0.3) is 5.91 Å². The molecule has 4 aromatic rings. The first-order chi connectivity index (χ1) is 17.1. The maximum absolute atomic E-state index is 13.0. The van der Waals surface area contributed by atoms with Crippen molar-refractivity contribution in [1.29, 1.82) is 0 Å². The third-order valence-electron chi connectivity index (χ3n) is 5.94. The molecule has 11 nitrogen and oxygen atoms in total. The average molecular weight is 493 g/mol. The molecule has 0 aliphatic carbocycles. The third-order valence-corrected chi connectivity index (χ3v) is 5.94. The molecule has 1 aromatic carbocycles. The predicted octanol–water partition coefficient (Wildman–Crippen LogP) is 3.90. The minimum atomic E-state index is -0.869. The van der Waals surface area contributed by atoms with Gasteiger partial charge in [0.05, 0.1) is 28.7 Å². The van der Waals surface area contributed by atoms with Gasteiger partial charge in [-0.2, -0.15) is 0 Å². The molecule has 0 fully saturated rings. The Kier molecular flexibility index (Phi) is 6.65. The zero-order valence-electron chi connectivity index (χ0n) is 20.5. The summed E-state index contributed by atoms with van der Waals surface area (Å²) in [5.74, 6) is 0.428. The molecule has 188 valence electrons. The number of nitrogens with one attached hydrogen (secondary N) is 1. The van der Waals surface area contributed by atoms with Crippen molar-refractivity contribution >= 4 is 34.4 Å². The number of ether oxygens (including phenoxy) is 1. The monoisotopic (exact) mass is 492 g/mol. The first-order valence-electron chi connectivity index (χ1n) is 11.4. The van der Waals surface area contributed by atoms with Gasteiger partial charge in [0.15, 0.2) is 5.69 Å². The van der Waals surface area contributed by atoms with E-state index >= 15 is 0 Å². The molecule has 0 spiro atoms. The molecule has 1 amide bonds.